The van der Waals surface area contributed by atoms with Crippen LogP contribution in [0.5, 0.6) is 5.75 Å². The minimum Gasteiger partial charge on any atom is -0.495 e. The number of benzene rings is 2. The van der Waals surface area contributed by atoms with Gasteiger partial charge in [-0.3, -0.25) is 0 Å². The Morgan fingerprint density at radius 2 is 1.81 bits per heavy atom. The lowest BCUT2D eigenvalue weighted by Gasteiger charge is -2.25. The Hall–Kier alpha value is -3.84. The molecule has 7 nitrogen and oxygen atoms in total. The number of nitrogens with one attached hydrogen (secondary N) is 1. The van der Waals surface area contributed by atoms with Crippen molar-refractivity contribution < 1.29 is 4.74 Å². The van der Waals surface area contributed by atoms with Crippen LogP contribution in [-0.4, -0.2) is 22.1 Å². The molecule has 31 heavy (non-hydrogen) atoms. The number of ether oxygens (including phenoxy) is 1. The molecule has 0 radical (unpaired) electrons. The van der Waals surface area contributed by atoms with Crippen molar-refractivity contribution in [2.45, 2.75) is 6.54 Å². The number of nitrogens with two attached hydrogens (primary N) is 1. The van der Waals surface area contributed by atoms with Gasteiger partial charge in [0.15, 0.2) is 11.6 Å². The highest BCUT2D eigenvalue weighted by Gasteiger charge is 2.19. The first kappa shape index (κ1) is 20.4. The first-order valence-corrected chi connectivity index (χ1v) is 9.97. The van der Waals surface area contributed by atoms with Crippen molar-refractivity contribution in [2.75, 3.05) is 23.1 Å². The molecule has 0 fully saturated rings. The van der Waals surface area contributed by atoms with Crippen LogP contribution in [0, 0.1) is 0 Å². The Kier molecular flexibility index (Phi) is 6.14. The monoisotopic (exact) mass is 432 g/mol. The first-order chi connectivity index (χ1) is 15.2. The zero-order chi connectivity index (χ0) is 21.6. The average Bonchev–Trinajstić information content (AvgIpc) is 2.81. The summed E-state index contributed by atoms with van der Waals surface area (Å²) in [4.78, 5) is 15.2. The molecule has 0 saturated carbocycles. The number of anilines is 5. The lowest BCUT2D eigenvalue weighted by Crippen LogP contribution is -2.21. The molecule has 8 heteroatoms. The third kappa shape index (κ3) is 4.67. The Labute approximate surface area is 185 Å². The van der Waals surface area contributed by atoms with E-state index in [1.54, 1.807) is 31.5 Å². The molecule has 0 aliphatic heterocycles. The third-order valence-corrected chi connectivity index (χ3v) is 4.88. The van der Waals surface area contributed by atoms with Gasteiger partial charge in [-0.1, -0.05) is 48.0 Å². The van der Waals surface area contributed by atoms with Crippen LogP contribution in [0.4, 0.5) is 28.8 Å². The summed E-state index contributed by atoms with van der Waals surface area (Å²) in [6, 6.07) is 21.0. The summed E-state index contributed by atoms with van der Waals surface area (Å²) >= 11 is 6.16. The summed E-state index contributed by atoms with van der Waals surface area (Å²) in [5, 5.41) is 3.78. The van der Waals surface area contributed by atoms with Gasteiger partial charge in [0, 0.05) is 11.2 Å². The van der Waals surface area contributed by atoms with E-state index in [-0.39, 0.29) is 0 Å². The van der Waals surface area contributed by atoms with E-state index in [1.165, 1.54) is 6.33 Å². The van der Waals surface area contributed by atoms with Crippen LogP contribution >= 0.6 is 11.6 Å². The Morgan fingerprint density at radius 1 is 1.00 bits per heavy atom. The third-order valence-electron chi connectivity index (χ3n) is 4.64. The van der Waals surface area contributed by atoms with Crippen LogP contribution in [0.2, 0.25) is 5.02 Å². The van der Waals surface area contributed by atoms with Gasteiger partial charge in [0.1, 0.15) is 23.6 Å². The number of nitrogen functional groups attached to an aromatic ring is 1. The summed E-state index contributed by atoms with van der Waals surface area (Å²) in [7, 11) is 1.59. The van der Waals surface area contributed by atoms with Crippen LogP contribution < -0.4 is 20.7 Å². The predicted octanol–water partition coefficient (Wildman–Crippen LogP) is 5.20. The zero-order valence-corrected chi connectivity index (χ0v) is 17.6. The molecule has 0 saturated heterocycles. The molecule has 0 bridgehead atoms. The van der Waals surface area contributed by atoms with Gasteiger partial charge in [-0.05, 0) is 35.9 Å². The number of hydrogen-bond acceptors (Lipinski definition) is 7. The molecule has 156 valence electrons. The number of nitrogens with zero attached hydrogens (tertiary/aromatic N) is 4. The summed E-state index contributed by atoms with van der Waals surface area (Å²) in [6.07, 6.45) is 3.20. The predicted molar refractivity (Wildman–Crippen MR) is 124 cm³/mol. The molecule has 4 aromatic rings. The van der Waals surface area contributed by atoms with Gasteiger partial charge < -0.3 is 20.7 Å². The van der Waals surface area contributed by atoms with E-state index in [0.29, 0.717) is 40.3 Å². The van der Waals surface area contributed by atoms with E-state index in [0.717, 1.165) is 11.4 Å². The van der Waals surface area contributed by atoms with Gasteiger partial charge >= 0.3 is 0 Å². The number of methoxy groups -OCH3 is 1. The molecule has 0 amide bonds. The maximum atomic E-state index is 6.52. The van der Waals surface area contributed by atoms with E-state index in [4.69, 9.17) is 22.1 Å². The highest BCUT2D eigenvalue weighted by molar-refractivity contribution is 6.31. The molecule has 0 atom stereocenters. The van der Waals surface area contributed by atoms with E-state index in [1.807, 2.05) is 53.4 Å². The fourth-order valence-electron chi connectivity index (χ4n) is 3.15. The van der Waals surface area contributed by atoms with Gasteiger partial charge in [0.25, 0.3) is 0 Å². The van der Waals surface area contributed by atoms with Crippen molar-refractivity contribution in [3.05, 3.63) is 89.8 Å². The summed E-state index contributed by atoms with van der Waals surface area (Å²) in [6.45, 7) is 0.541. The minimum absolute atomic E-state index is 0.381. The quantitative estimate of drug-likeness (QED) is 0.415. The number of pyridine rings is 1. The fourth-order valence-corrected chi connectivity index (χ4v) is 3.32. The molecule has 0 aliphatic rings. The van der Waals surface area contributed by atoms with E-state index in [2.05, 4.69) is 20.3 Å². The van der Waals surface area contributed by atoms with Crippen molar-refractivity contribution in [1.82, 2.24) is 15.0 Å². The molecule has 3 N–H and O–H groups in total. The molecule has 2 aromatic carbocycles. The lowest BCUT2D eigenvalue weighted by atomic mass is 10.2. The maximum absolute atomic E-state index is 6.52. The molecular weight excluding hydrogens is 412 g/mol. The second kappa shape index (κ2) is 9.32. The molecule has 2 aromatic heterocycles. The van der Waals surface area contributed by atoms with Crippen LogP contribution in [0.1, 0.15) is 5.56 Å². The highest BCUT2D eigenvalue weighted by Crippen LogP contribution is 2.36. The molecule has 0 spiro atoms. The normalized spacial score (nSPS) is 10.5. The molecule has 0 aliphatic carbocycles. The fraction of sp³-hybridized carbons (Fsp3) is 0.0870. The maximum Gasteiger partial charge on any atom is 0.163 e. The van der Waals surface area contributed by atoms with Gasteiger partial charge in [-0.15, -0.1) is 0 Å². The van der Waals surface area contributed by atoms with E-state index >= 15 is 0 Å². The van der Waals surface area contributed by atoms with Crippen LogP contribution in [0.25, 0.3) is 0 Å². The SMILES string of the molecule is COc1ccc(Cl)cc1Nc1ncnc(N(Cc2ccccc2)c2ccccn2)c1N. The Bertz CT molecular complexity index is 1160. The van der Waals surface area contributed by atoms with E-state index < -0.39 is 0 Å². The van der Waals surface area contributed by atoms with Gasteiger partial charge in [0.2, 0.25) is 0 Å². The summed E-state index contributed by atoms with van der Waals surface area (Å²) in [5.41, 5.74) is 8.65. The zero-order valence-electron chi connectivity index (χ0n) is 16.9. The molecule has 2 heterocycles. The van der Waals surface area contributed by atoms with Crippen LogP contribution in [0.3, 0.4) is 0 Å². The van der Waals surface area contributed by atoms with Crippen LogP contribution in [0.15, 0.2) is 79.3 Å². The van der Waals surface area contributed by atoms with Crippen molar-refractivity contribution in [1.29, 1.82) is 0 Å². The number of hydrogen-bond donors (Lipinski definition) is 2. The highest BCUT2D eigenvalue weighted by atomic mass is 35.5. The lowest BCUT2D eigenvalue weighted by molar-refractivity contribution is 0.417. The second-order valence-corrected chi connectivity index (χ2v) is 7.13. The summed E-state index contributed by atoms with van der Waals surface area (Å²) < 4.78 is 5.41. The topological polar surface area (TPSA) is 89.2 Å². The molecular formula is C23H21ClN6O. The van der Waals surface area contributed by atoms with Crippen molar-refractivity contribution >= 4 is 40.4 Å². The number of aromatic nitrogens is 3. The first-order valence-electron chi connectivity index (χ1n) is 9.59. The Morgan fingerprint density at radius 3 is 2.55 bits per heavy atom. The largest absolute Gasteiger partial charge is 0.495 e. The van der Waals surface area contributed by atoms with Crippen molar-refractivity contribution in [2.24, 2.45) is 0 Å². The number of halogens is 1. The Balaban J connectivity index is 1.74. The minimum atomic E-state index is 0.381. The van der Waals surface area contributed by atoms with Crippen LogP contribution in [-0.2, 0) is 6.54 Å². The number of rotatable bonds is 7. The van der Waals surface area contributed by atoms with Gasteiger partial charge in [-0.25, -0.2) is 15.0 Å². The van der Waals surface area contributed by atoms with E-state index in [9.17, 15) is 0 Å². The van der Waals surface area contributed by atoms with Crippen molar-refractivity contribution in [3.8, 4) is 5.75 Å². The smallest absolute Gasteiger partial charge is 0.163 e. The second-order valence-electron chi connectivity index (χ2n) is 6.69. The van der Waals surface area contributed by atoms with Gasteiger partial charge in [-0.2, -0.15) is 0 Å². The van der Waals surface area contributed by atoms with Gasteiger partial charge in [0.05, 0.1) is 19.3 Å². The summed E-state index contributed by atoms with van der Waals surface area (Å²) in [5.74, 6) is 2.33. The van der Waals surface area contributed by atoms with Crippen molar-refractivity contribution in [3.63, 3.8) is 0 Å². The standard InChI is InChI=1S/C23H21ClN6O/c1-31-19-11-10-17(24)13-18(19)29-22-21(25)23(28-15-27-22)30(20-9-5-6-12-26-20)14-16-7-3-2-4-8-16/h2-13,15H,14,25H2,1H3,(H,27,28,29). The average molecular weight is 433 g/mol. The molecule has 0 unspecified atom stereocenters. The molecule has 4 rings (SSSR count).